The Labute approximate surface area is 374 Å². The first-order valence-corrected chi connectivity index (χ1v) is 22.3. The highest BCUT2D eigenvalue weighted by Gasteiger charge is 2.18. The molecule has 0 aliphatic carbocycles. The van der Waals surface area contributed by atoms with Crippen molar-refractivity contribution in [1.82, 2.24) is 14.5 Å². The van der Waals surface area contributed by atoms with Crippen molar-refractivity contribution >= 4 is 49.3 Å². The SMILES string of the molecule is C/C=C\C.C/C=C\C(=C/C)C1C=CC=C(c2cccc(-n3c4ccccc4c4cc(-c5ccc6c(c5)c5ccccc5n6-c5ccccc5)ccc43)c2)N1.CC.Cc1ccccc1. The van der Waals surface area contributed by atoms with Crippen LogP contribution in [0, 0.1) is 6.92 Å². The van der Waals surface area contributed by atoms with Crippen molar-refractivity contribution in [2.75, 3.05) is 0 Å². The summed E-state index contributed by atoms with van der Waals surface area (Å²) in [7, 11) is 0. The molecular weight excluding hydrogens is 763 g/mol. The zero-order chi connectivity index (χ0) is 44.1. The van der Waals surface area contributed by atoms with Crippen LogP contribution in [0.25, 0.3) is 71.8 Å². The lowest BCUT2D eigenvalue weighted by molar-refractivity contribution is 0.817. The molecule has 0 radical (unpaired) electrons. The summed E-state index contributed by atoms with van der Waals surface area (Å²) < 4.78 is 4.78. The monoisotopic (exact) mass is 821 g/mol. The van der Waals surface area contributed by atoms with Gasteiger partial charge in [0, 0.05) is 38.6 Å². The van der Waals surface area contributed by atoms with Crippen molar-refractivity contribution in [3.63, 3.8) is 0 Å². The van der Waals surface area contributed by atoms with Crippen molar-refractivity contribution in [2.24, 2.45) is 0 Å². The maximum absolute atomic E-state index is 3.76. The minimum Gasteiger partial charge on any atom is -0.374 e. The predicted molar refractivity (Wildman–Crippen MR) is 276 cm³/mol. The molecule has 0 saturated carbocycles. The largest absolute Gasteiger partial charge is 0.374 e. The molecule has 0 amide bonds. The molecule has 1 atom stereocenters. The Morgan fingerprint density at radius 1 is 0.476 bits per heavy atom. The van der Waals surface area contributed by atoms with E-state index >= 15 is 0 Å². The Morgan fingerprint density at radius 3 is 1.51 bits per heavy atom. The first kappa shape index (κ1) is 43.7. The topological polar surface area (TPSA) is 21.9 Å². The quantitative estimate of drug-likeness (QED) is 0.131. The first-order chi connectivity index (χ1) is 31.0. The number of hydrogen-bond acceptors (Lipinski definition) is 1. The van der Waals surface area contributed by atoms with Gasteiger partial charge in [0.1, 0.15) is 0 Å². The van der Waals surface area contributed by atoms with E-state index in [4.69, 9.17) is 0 Å². The molecule has 1 unspecified atom stereocenters. The van der Waals surface area contributed by atoms with E-state index in [0.717, 1.165) is 11.4 Å². The van der Waals surface area contributed by atoms with Gasteiger partial charge in [0.15, 0.2) is 0 Å². The molecule has 1 aliphatic heterocycles. The lowest BCUT2D eigenvalue weighted by Gasteiger charge is -2.23. The number of hydrogen-bond donors (Lipinski definition) is 1. The Bertz CT molecular complexity index is 3090. The molecule has 3 heteroatoms. The Balaban J connectivity index is 0.000000401. The number of allylic oxidation sites excluding steroid dienone is 6. The Morgan fingerprint density at radius 2 is 0.984 bits per heavy atom. The van der Waals surface area contributed by atoms with Crippen LogP contribution >= 0.6 is 0 Å². The lowest BCUT2D eigenvalue weighted by Crippen LogP contribution is -2.29. The smallest absolute Gasteiger partial charge is 0.0697 e. The third-order valence-electron chi connectivity index (χ3n) is 11.3. The summed E-state index contributed by atoms with van der Waals surface area (Å²) in [6.45, 7) is 14.2. The van der Waals surface area contributed by atoms with Gasteiger partial charge in [-0.15, -0.1) is 0 Å². The number of nitrogens with one attached hydrogen (secondary N) is 1. The average molecular weight is 822 g/mol. The molecular formula is C60H59N3. The molecule has 0 saturated heterocycles. The van der Waals surface area contributed by atoms with Crippen LogP contribution in [0.4, 0.5) is 0 Å². The molecule has 0 fully saturated rings. The summed E-state index contributed by atoms with van der Waals surface area (Å²) in [5.41, 5.74) is 14.4. The van der Waals surface area contributed by atoms with Crippen molar-refractivity contribution in [3.8, 4) is 22.5 Å². The maximum atomic E-state index is 3.76. The summed E-state index contributed by atoms with van der Waals surface area (Å²) in [6, 6.07) is 61.3. The standard InChI is InChI=1S/C47H37N3.C7H8.C4H8.C2H6/c1-3-14-32(4-2)42-21-13-22-43(48-42)35-15-12-18-37(29-35)50-45-24-11-9-20-39(45)41-31-34(26-28-47(41)50)33-25-27-46-40(30-33)38-19-8-10-23-44(38)49(46)36-16-6-5-7-17-36;1-7-5-3-2-4-6-7;1-3-4-2;1-2/h3-31,42,48H,1-2H3;2-6H,1H3;3-4H,1-2H3;1-2H3/b14-3-,32-4+;;4-3-;. The summed E-state index contributed by atoms with van der Waals surface area (Å²) in [5.74, 6) is 0. The van der Waals surface area contributed by atoms with Crippen molar-refractivity contribution in [1.29, 1.82) is 0 Å². The molecule has 9 aromatic rings. The number of para-hydroxylation sites is 3. The molecule has 63 heavy (non-hydrogen) atoms. The molecule has 7 aromatic carbocycles. The first-order valence-electron chi connectivity index (χ1n) is 22.3. The number of dihydropyridines is 1. The molecule has 10 rings (SSSR count). The minimum atomic E-state index is 0.139. The van der Waals surface area contributed by atoms with Crippen LogP contribution < -0.4 is 5.32 Å². The van der Waals surface area contributed by atoms with Crippen molar-refractivity contribution < 1.29 is 0 Å². The molecule has 3 nitrogen and oxygen atoms in total. The minimum absolute atomic E-state index is 0.139. The lowest BCUT2D eigenvalue weighted by atomic mass is 10.00. The third kappa shape index (κ3) is 9.44. The van der Waals surface area contributed by atoms with Gasteiger partial charge in [0.05, 0.1) is 28.1 Å². The molecule has 1 aliphatic rings. The fraction of sp³-hybridized carbons (Fsp3) is 0.133. The number of fused-ring (bicyclic) bond motifs is 6. The van der Waals surface area contributed by atoms with Gasteiger partial charge in [-0.25, -0.2) is 0 Å². The van der Waals surface area contributed by atoms with Gasteiger partial charge in [-0.3, -0.25) is 0 Å². The number of nitrogens with zero attached hydrogens (tertiary/aromatic N) is 2. The molecule has 314 valence electrons. The van der Waals surface area contributed by atoms with Crippen LogP contribution in [-0.2, 0) is 0 Å². The predicted octanol–water partition coefficient (Wildman–Crippen LogP) is 16.5. The third-order valence-corrected chi connectivity index (χ3v) is 11.3. The Kier molecular flexibility index (Phi) is 14.5. The van der Waals surface area contributed by atoms with E-state index in [1.807, 2.05) is 58.0 Å². The fourth-order valence-corrected chi connectivity index (χ4v) is 8.26. The average Bonchev–Trinajstić information content (AvgIpc) is 3.87. The van der Waals surface area contributed by atoms with Gasteiger partial charge in [-0.1, -0.05) is 171 Å². The van der Waals surface area contributed by atoms with E-state index < -0.39 is 0 Å². The van der Waals surface area contributed by atoms with Crippen LogP contribution in [0.2, 0.25) is 0 Å². The van der Waals surface area contributed by atoms with Crippen LogP contribution in [0.5, 0.6) is 0 Å². The van der Waals surface area contributed by atoms with Crippen LogP contribution in [-0.4, -0.2) is 15.2 Å². The number of rotatable bonds is 6. The maximum Gasteiger partial charge on any atom is 0.0697 e. The number of benzene rings is 7. The second-order valence-corrected chi connectivity index (χ2v) is 15.3. The highest BCUT2D eigenvalue weighted by molar-refractivity contribution is 6.12. The normalized spacial score (nSPS) is 13.6. The Hall–Kier alpha value is -7.36. The molecule has 0 spiro atoms. The van der Waals surface area contributed by atoms with E-state index in [-0.39, 0.29) is 6.04 Å². The summed E-state index contributed by atoms with van der Waals surface area (Å²) in [5, 5.41) is 8.78. The molecule has 3 heterocycles. The molecule has 0 bridgehead atoms. The summed E-state index contributed by atoms with van der Waals surface area (Å²) in [6.07, 6.45) is 17.0. The van der Waals surface area contributed by atoms with E-state index in [1.54, 1.807) is 0 Å². The fourth-order valence-electron chi connectivity index (χ4n) is 8.26. The van der Waals surface area contributed by atoms with Crippen LogP contribution in [0.3, 0.4) is 0 Å². The van der Waals surface area contributed by atoms with E-state index in [2.05, 4.69) is 223 Å². The number of aromatic nitrogens is 2. The van der Waals surface area contributed by atoms with E-state index in [1.165, 1.54) is 77.1 Å². The van der Waals surface area contributed by atoms with Gasteiger partial charge in [0.2, 0.25) is 0 Å². The summed E-state index contributed by atoms with van der Waals surface area (Å²) >= 11 is 0. The van der Waals surface area contributed by atoms with E-state index in [9.17, 15) is 0 Å². The van der Waals surface area contributed by atoms with Crippen molar-refractivity contribution in [3.05, 3.63) is 235 Å². The summed E-state index contributed by atoms with van der Waals surface area (Å²) in [4.78, 5) is 0. The zero-order valence-corrected chi connectivity index (χ0v) is 37.8. The second kappa shape index (κ2) is 20.9. The van der Waals surface area contributed by atoms with Gasteiger partial charge < -0.3 is 14.5 Å². The highest BCUT2D eigenvalue weighted by Crippen LogP contribution is 2.38. The second-order valence-electron chi connectivity index (χ2n) is 15.3. The van der Waals surface area contributed by atoms with E-state index in [0.29, 0.717) is 0 Å². The molecule has 1 N–H and O–H groups in total. The highest BCUT2D eigenvalue weighted by atomic mass is 15.0. The van der Waals surface area contributed by atoms with Gasteiger partial charge in [0.25, 0.3) is 0 Å². The van der Waals surface area contributed by atoms with Gasteiger partial charge in [-0.2, -0.15) is 0 Å². The zero-order valence-electron chi connectivity index (χ0n) is 37.8. The van der Waals surface area contributed by atoms with Crippen molar-refractivity contribution in [2.45, 2.75) is 54.5 Å². The van der Waals surface area contributed by atoms with Gasteiger partial charge >= 0.3 is 0 Å². The van der Waals surface area contributed by atoms with Crippen LogP contribution in [0.15, 0.2) is 224 Å². The van der Waals surface area contributed by atoms with Crippen LogP contribution in [0.1, 0.15) is 52.7 Å². The number of aryl methyl sites for hydroxylation is 1. The molecule has 2 aromatic heterocycles. The van der Waals surface area contributed by atoms with Gasteiger partial charge in [-0.05, 0) is 124 Å².